The minimum absolute atomic E-state index is 0.151. The zero-order valence-electron chi connectivity index (χ0n) is 11.1. The third kappa shape index (κ3) is 5.53. The number of hydrogen-bond acceptors (Lipinski definition) is 4. The first-order chi connectivity index (χ1) is 9.32. The molecule has 1 unspecified atom stereocenters. The highest BCUT2D eigenvalue weighted by atomic mass is 35.6. The van der Waals surface area contributed by atoms with Crippen molar-refractivity contribution in [1.82, 2.24) is 0 Å². The molecule has 8 heteroatoms. The number of benzene rings is 1. The fourth-order valence-electron chi connectivity index (χ4n) is 1.48. The average Bonchev–Trinajstić information content (AvgIpc) is 2.36. The Morgan fingerprint density at radius 1 is 1.10 bits per heavy atom. The minimum atomic E-state index is -3.79. The summed E-state index contributed by atoms with van der Waals surface area (Å²) in [6.07, 6.45) is -1.07. The van der Waals surface area contributed by atoms with Crippen molar-refractivity contribution in [2.75, 3.05) is 13.2 Å². The topological polar surface area (TPSA) is 44.8 Å². The maximum absolute atomic E-state index is 12.4. The number of rotatable bonds is 7. The molecule has 0 aromatic heterocycles. The summed E-state index contributed by atoms with van der Waals surface area (Å²) in [6, 6.07) is 8.73. The number of phosphoric acid groups is 1. The molecule has 20 heavy (non-hydrogen) atoms. The Bertz CT molecular complexity index is 440. The molecule has 0 bridgehead atoms. The maximum atomic E-state index is 12.4. The lowest BCUT2D eigenvalue weighted by Crippen LogP contribution is -2.20. The molecule has 4 nitrogen and oxygen atoms in total. The number of phosphoric ester groups is 1. The van der Waals surface area contributed by atoms with Crippen LogP contribution in [-0.4, -0.2) is 17.0 Å². The van der Waals surface area contributed by atoms with Gasteiger partial charge in [-0.15, -0.1) is 0 Å². The van der Waals surface area contributed by atoms with E-state index in [9.17, 15) is 4.57 Å². The molecule has 1 aromatic rings. The third-order valence-electron chi connectivity index (χ3n) is 2.21. The van der Waals surface area contributed by atoms with Gasteiger partial charge in [-0.1, -0.05) is 65.1 Å². The summed E-state index contributed by atoms with van der Waals surface area (Å²) in [7, 11) is -3.79. The van der Waals surface area contributed by atoms with E-state index in [1.165, 1.54) is 0 Å². The highest BCUT2D eigenvalue weighted by Gasteiger charge is 2.41. The van der Waals surface area contributed by atoms with Crippen LogP contribution in [0.5, 0.6) is 0 Å². The Kier molecular flexibility index (Phi) is 7.30. The van der Waals surface area contributed by atoms with E-state index in [0.29, 0.717) is 5.56 Å². The van der Waals surface area contributed by atoms with E-state index in [-0.39, 0.29) is 13.2 Å². The molecule has 0 fully saturated rings. The van der Waals surface area contributed by atoms with Crippen LogP contribution in [0.4, 0.5) is 0 Å². The van der Waals surface area contributed by atoms with Gasteiger partial charge in [-0.25, -0.2) is 4.57 Å². The largest absolute Gasteiger partial charge is 0.475 e. The lowest BCUT2D eigenvalue weighted by atomic mass is 10.1. The van der Waals surface area contributed by atoms with E-state index >= 15 is 0 Å². The molecule has 0 heterocycles. The summed E-state index contributed by atoms with van der Waals surface area (Å²) in [4.78, 5) is 0. The highest BCUT2D eigenvalue weighted by Crippen LogP contribution is 2.57. The van der Waals surface area contributed by atoms with Crippen molar-refractivity contribution in [3.05, 3.63) is 35.9 Å². The number of halogens is 3. The molecule has 0 saturated heterocycles. The Morgan fingerprint density at radius 2 is 1.60 bits per heavy atom. The van der Waals surface area contributed by atoms with Crippen molar-refractivity contribution in [2.24, 2.45) is 0 Å². The van der Waals surface area contributed by atoms with Crippen LogP contribution in [0.25, 0.3) is 0 Å². The van der Waals surface area contributed by atoms with Gasteiger partial charge in [0, 0.05) is 0 Å². The molecule has 0 aliphatic rings. The molecule has 0 spiro atoms. The van der Waals surface area contributed by atoms with E-state index in [4.69, 9.17) is 48.4 Å². The van der Waals surface area contributed by atoms with Crippen LogP contribution in [0.1, 0.15) is 25.5 Å². The van der Waals surface area contributed by atoms with Crippen molar-refractivity contribution < 1.29 is 18.1 Å². The molecule has 0 saturated carbocycles. The maximum Gasteiger partial charge on any atom is 0.475 e. The van der Waals surface area contributed by atoms with E-state index in [0.717, 1.165) is 0 Å². The number of hydrogen-bond donors (Lipinski definition) is 0. The quantitative estimate of drug-likeness (QED) is 0.488. The fourth-order valence-corrected chi connectivity index (χ4v) is 3.55. The standard InChI is InChI=1S/C12H16Cl3O4P/c1-3-17-20(16,18-4-2)19-11(12(13,14)15)10-8-6-5-7-9-10/h5-9,11H,3-4H2,1-2H3. The predicted octanol–water partition coefficient (Wildman–Crippen LogP) is 5.30. The summed E-state index contributed by atoms with van der Waals surface area (Å²) < 4.78 is 26.1. The lowest BCUT2D eigenvalue weighted by Gasteiger charge is -2.28. The fraction of sp³-hybridized carbons (Fsp3) is 0.500. The van der Waals surface area contributed by atoms with Crippen molar-refractivity contribution in [1.29, 1.82) is 0 Å². The van der Waals surface area contributed by atoms with Crippen LogP contribution < -0.4 is 0 Å². The van der Waals surface area contributed by atoms with Gasteiger partial charge in [-0.2, -0.15) is 0 Å². The zero-order chi connectivity index (χ0) is 15.2. The van der Waals surface area contributed by atoms with Gasteiger partial charge in [0.2, 0.25) is 3.79 Å². The lowest BCUT2D eigenvalue weighted by molar-refractivity contribution is 0.0848. The molecule has 1 aromatic carbocycles. The summed E-state index contributed by atoms with van der Waals surface area (Å²) in [6.45, 7) is 3.64. The van der Waals surface area contributed by atoms with Gasteiger partial charge in [0.15, 0.2) is 0 Å². The van der Waals surface area contributed by atoms with Crippen LogP contribution in [0.2, 0.25) is 0 Å². The van der Waals surface area contributed by atoms with E-state index < -0.39 is 17.7 Å². The van der Waals surface area contributed by atoms with Gasteiger partial charge >= 0.3 is 7.82 Å². The Hall–Kier alpha value is 0.200. The van der Waals surface area contributed by atoms with Crippen molar-refractivity contribution >= 4 is 42.6 Å². The van der Waals surface area contributed by atoms with Gasteiger partial charge in [0.1, 0.15) is 6.10 Å². The van der Waals surface area contributed by atoms with Gasteiger partial charge < -0.3 is 0 Å². The predicted molar refractivity (Wildman–Crippen MR) is 81.4 cm³/mol. The van der Waals surface area contributed by atoms with Crippen LogP contribution in [0.3, 0.4) is 0 Å². The molecule has 114 valence electrons. The van der Waals surface area contributed by atoms with E-state index in [1.807, 2.05) is 6.07 Å². The molecular formula is C12H16Cl3O4P. The van der Waals surface area contributed by atoms with Gasteiger partial charge in [-0.05, 0) is 19.4 Å². The second-order valence-electron chi connectivity index (χ2n) is 3.72. The first kappa shape index (κ1) is 18.2. The first-order valence-corrected chi connectivity index (χ1v) is 8.61. The first-order valence-electron chi connectivity index (χ1n) is 6.01. The SMILES string of the molecule is CCOP(=O)(OCC)OC(c1ccccc1)C(Cl)(Cl)Cl. The molecule has 0 radical (unpaired) electrons. The smallest absolute Gasteiger partial charge is 0.287 e. The Labute approximate surface area is 133 Å². The van der Waals surface area contributed by atoms with E-state index in [2.05, 4.69) is 0 Å². The monoisotopic (exact) mass is 360 g/mol. The van der Waals surface area contributed by atoms with Crippen LogP contribution in [-0.2, 0) is 18.1 Å². The summed E-state index contributed by atoms with van der Waals surface area (Å²) in [5.74, 6) is 0. The normalized spacial score (nSPS) is 14.2. The van der Waals surface area contributed by atoms with Crippen molar-refractivity contribution in [2.45, 2.75) is 23.7 Å². The Morgan fingerprint density at radius 3 is 2.00 bits per heavy atom. The van der Waals surface area contributed by atoms with Gasteiger partial charge in [0.25, 0.3) is 0 Å². The minimum Gasteiger partial charge on any atom is -0.287 e. The Balaban J connectivity index is 3.04. The van der Waals surface area contributed by atoms with Crippen molar-refractivity contribution in [3.63, 3.8) is 0 Å². The average molecular weight is 362 g/mol. The van der Waals surface area contributed by atoms with E-state index in [1.54, 1.807) is 38.1 Å². The molecule has 0 N–H and O–H groups in total. The van der Waals surface area contributed by atoms with Crippen molar-refractivity contribution in [3.8, 4) is 0 Å². The molecule has 0 aliphatic heterocycles. The summed E-state index contributed by atoms with van der Waals surface area (Å²) >= 11 is 17.7. The molecule has 1 atom stereocenters. The highest BCUT2D eigenvalue weighted by molar-refractivity contribution is 7.48. The molecule has 0 aliphatic carbocycles. The molecular weight excluding hydrogens is 345 g/mol. The molecule has 1 rings (SSSR count). The summed E-state index contributed by atoms with van der Waals surface area (Å²) in [5, 5.41) is 0. The molecule has 0 amide bonds. The second kappa shape index (κ2) is 8.00. The number of alkyl halides is 3. The van der Waals surface area contributed by atoms with Gasteiger partial charge in [-0.3, -0.25) is 13.6 Å². The summed E-state index contributed by atoms with van der Waals surface area (Å²) in [5.41, 5.74) is 0.562. The second-order valence-corrected chi connectivity index (χ2v) is 7.71. The van der Waals surface area contributed by atoms with Crippen LogP contribution in [0.15, 0.2) is 30.3 Å². The van der Waals surface area contributed by atoms with Gasteiger partial charge in [0.05, 0.1) is 13.2 Å². The van der Waals surface area contributed by atoms with Crippen LogP contribution in [0, 0.1) is 0 Å². The third-order valence-corrected chi connectivity index (χ3v) is 4.42. The van der Waals surface area contributed by atoms with Crippen LogP contribution >= 0.6 is 42.6 Å². The zero-order valence-corrected chi connectivity index (χ0v) is 14.3.